The highest BCUT2D eigenvalue weighted by Gasteiger charge is 2.33. The molecule has 1 saturated carbocycles. The highest BCUT2D eigenvalue weighted by Crippen LogP contribution is 2.36. The summed E-state index contributed by atoms with van der Waals surface area (Å²) in [6.07, 6.45) is 7.23. The minimum absolute atomic E-state index is 0.248. The molecule has 0 unspecified atom stereocenters. The zero-order chi connectivity index (χ0) is 18.4. The van der Waals surface area contributed by atoms with Crippen molar-refractivity contribution in [3.05, 3.63) is 60.6 Å². The summed E-state index contributed by atoms with van der Waals surface area (Å²) in [6.45, 7) is 0. The van der Waals surface area contributed by atoms with Crippen LogP contribution in [0.15, 0.2) is 59.3 Å². The molecule has 3 heterocycles. The van der Waals surface area contributed by atoms with E-state index in [0.717, 1.165) is 64.6 Å². The van der Waals surface area contributed by atoms with Crippen molar-refractivity contribution in [2.75, 3.05) is 0 Å². The lowest BCUT2D eigenvalue weighted by molar-refractivity contribution is 0.272. The zero-order valence-corrected chi connectivity index (χ0v) is 15.1. The zero-order valence-electron chi connectivity index (χ0n) is 15.1. The van der Waals surface area contributed by atoms with Gasteiger partial charge in [0.1, 0.15) is 11.3 Å². The van der Waals surface area contributed by atoms with Gasteiger partial charge in [-0.2, -0.15) is 0 Å². The minimum atomic E-state index is -0.418. The van der Waals surface area contributed by atoms with Crippen LogP contribution in [0, 0.1) is 0 Å². The molecule has 1 aliphatic rings. The number of hydrogen-bond donors (Lipinski definition) is 2. The van der Waals surface area contributed by atoms with Crippen molar-refractivity contribution in [3.8, 4) is 11.3 Å². The van der Waals surface area contributed by atoms with E-state index >= 15 is 0 Å². The molecule has 0 radical (unpaired) electrons. The van der Waals surface area contributed by atoms with Crippen LogP contribution in [0.2, 0.25) is 0 Å². The molecular formula is C22H22N4O. The first-order chi connectivity index (χ1) is 13.1. The van der Waals surface area contributed by atoms with E-state index in [0.29, 0.717) is 0 Å². The van der Waals surface area contributed by atoms with E-state index in [-0.39, 0.29) is 6.04 Å². The highest BCUT2D eigenvalue weighted by molar-refractivity contribution is 5.94. The first kappa shape index (κ1) is 16.4. The van der Waals surface area contributed by atoms with Crippen molar-refractivity contribution in [2.24, 2.45) is 11.5 Å². The van der Waals surface area contributed by atoms with Crippen LogP contribution in [0.3, 0.4) is 0 Å². The molecule has 5 rings (SSSR count). The summed E-state index contributed by atoms with van der Waals surface area (Å²) in [5, 5.41) is 2.05. The Hall–Kier alpha value is -2.76. The van der Waals surface area contributed by atoms with Crippen molar-refractivity contribution in [2.45, 2.75) is 37.3 Å². The Morgan fingerprint density at radius 2 is 1.81 bits per heavy atom. The Kier molecular flexibility index (Phi) is 3.74. The van der Waals surface area contributed by atoms with Crippen LogP contribution in [-0.2, 0) is 5.54 Å². The molecule has 0 amide bonds. The maximum Gasteiger partial charge on any atom is 0.139 e. The number of fused-ring (bicyclic) bond motifs is 2. The fraction of sp³-hybridized carbons (Fsp3) is 0.273. The predicted molar refractivity (Wildman–Crippen MR) is 107 cm³/mol. The minimum Gasteiger partial charge on any atom is -0.456 e. The second kappa shape index (κ2) is 6.15. The molecule has 27 heavy (non-hydrogen) atoms. The summed E-state index contributed by atoms with van der Waals surface area (Å²) in [5.41, 5.74) is 15.9. The molecule has 0 saturated heterocycles. The SMILES string of the molecule is NC1CCC(N)(c2ccc3cncc(-c4cc5ccccc5o4)c3n2)CC1. The number of rotatable bonds is 2. The Morgan fingerprint density at radius 3 is 2.63 bits per heavy atom. The predicted octanol–water partition coefficient (Wildman–Crippen LogP) is 4.10. The summed E-state index contributed by atoms with van der Waals surface area (Å²) < 4.78 is 6.06. The second-order valence-electron chi connectivity index (χ2n) is 7.60. The second-order valence-corrected chi connectivity index (χ2v) is 7.60. The molecule has 1 aliphatic carbocycles. The lowest BCUT2D eigenvalue weighted by Crippen LogP contribution is -2.44. The topological polar surface area (TPSA) is 91.0 Å². The summed E-state index contributed by atoms with van der Waals surface area (Å²) >= 11 is 0. The smallest absolute Gasteiger partial charge is 0.139 e. The largest absolute Gasteiger partial charge is 0.456 e. The van der Waals surface area contributed by atoms with Crippen molar-refractivity contribution >= 4 is 21.9 Å². The number of para-hydroxylation sites is 1. The van der Waals surface area contributed by atoms with Gasteiger partial charge >= 0.3 is 0 Å². The summed E-state index contributed by atoms with van der Waals surface area (Å²) in [4.78, 5) is 9.36. The number of nitrogens with zero attached hydrogens (tertiary/aromatic N) is 2. The molecule has 0 aliphatic heterocycles. The van der Waals surface area contributed by atoms with Crippen molar-refractivity contribution in [3.63, 3.8) is 0 Å². The summed E-state index contributed by atoms with van der Waals surface area (Å²) in [5.74, 6) is 0.774. The first-order valence-corrected chi connectivity index (χ1v) is 9.41. The van der Waals surface area contributed by atoms with E-state index in [9.17, 15) is 0 Å². The van der Waals surface area contributed by atoms with Gasteiger partial charge in [0.2, 0.25) is 0 Å². The monoisotopic (exact) mass is 358 g/mol. The molecule has 0 atom stereocenters. The normalized spacial score (nSPS) is 23.1. The van der Waals surface area contributed by atoms with E-state index in [1.807, 2.05) is 48.8 Å². The van der Waals surface area contributed by atoms with E-state index in [4.69, 9.17) is 20.9 Å². The van der Waals surface area contributed by atoms with Crippen LogP contribution in [0.5, 0.6) is 0 Å². The van der Waals surface area contributed by atoms with Gasteiger partial charge in [0, 0.05) is 29.2 Å². The Bertz CT molecular complexity index is 1090. The van der Waals surface area contributed by atoms with Gasteiger partial charge in [-0.15, -0.1) is 0 Å². The number of nitrogens with two attached hydrogens (primary N) is 2. The van der Waals surface area contributed by atoms with Gasteiger partial charge in [0.25, 0.3) is 0 Å². The first-order valence-electron chi connectivity index (χ1n) is 9.41. The van der Waals surface area contributed by atoms with E-state index < -0.39 is 5.54 Å². The standard InChI is InChI=1S/C22H22N4O/c23-16-7-9-22(24,10-8-16)20-6-5-15-12-25-13-17(21(15)26-20)19-11-14-3-1-2-4-18(14)27-19/h1-6,11-13,16H,7-10,23-24H2. The molecular weight excluding hydrogens is 336 g/mol. The van der Waals surface area contributed by atoms with Crippen LogP contribution in [-0.4, -0.2) is 16.0 Å². The Balaban J connectivity index is 1.65. The molecule has 136 valence electrons. The highest BCUT2D eigenvalue weighted by atomic mass is 16.3. The van der Waals surface area contributed by atoms with Gasteiger partial charge in [0.15, 0.2) is 0 Å². The van der Waals surface area contributed by atoms with Crippen LogP contribution in [0.25, 0.3) is 33.2 Å². The quantitative estimate of drug-likeness (QED) is 0.563. The third-order valence-electron chi connectivity index (χ3n) is 5.72. The fourth-order valence-corrected chi connectivity index (χ4v) is 4.03. The van der Waals surface area contributed by atoms with Crippen molar-refractivity contribution < 1.29 is 4.42 Å². The maximum atomic E-state index is 6.73. The van der Waals surface area contributed by atoms with Crippen molar-refractivity contribution in [1.82, 2.24) is 9.97 Å². The summed E-state index contributed by atoms with van der Waals surface area (Å²) in [7, 11) is 0. The van der Waals surface area contributed by atoms with E-state index in [1.54, 1.807) is 0 Å². The van der Waals surface area contributed by atoms with Gasteiger partial charge < -0.3 is 15.9 Å². The van der Waals surface area contributed by atoms with Crippen LogP contribution in [0.1, 0.15) is 31.4 Å². The number of benzene rings is 1. The maximum absolute atomic E-state index is 6.73. The Morgan fingerprint density at radius 1 is 1.00 bits per heavy atom. The molecule has 0 bridgehead atoms. The molecule has 1 fully saturated rings. The molecule has 4 N–H and O–H groups in total. The molecule has 1 aromatic carbocycles. The van der Waals surface area contributed by atoms with E-state index in [1.165, 1.54) is 0 Å². The molecule has 5 nitrogen and oxygen atoms in total. The number of hydrogen-bond acceptors (Lipinski definition) is 5. The van der Waals surface area contributed by atoms with E-state index in [2.05, 4.69) is 11.1 Å². The molecule has 4 aromatic rings. The number of pyridine rings is 2. The molecule has 5 heteroatoms. The van der Waals surface area contributed by atoms with Crippen LogP contribution in [0.4, 0.5) is 0 Å². The fourth-order valence-electron chi connectivity index (χ4n) is 4.03. The third-order valence-corrected chi connectivity index (χ3v) is 5.72. The van der Waals surface area contributed by atoms with Gasteiger partial charge in [0.05, 0.1) is 22.3 Å². The number of aromatic nitrogens is 2. The van der Waals surface area contributed by atoms with Crippen LogP contribution < -0.4 is 11.5 Å². The van der Waals surface area contributed by atoms with Gasteiger partial charge in [-0.3, -0.25) is 4.98 Å². The van der Waals surface area contributed by atoms with Gasteiger partial charge in [-0.25, -0.2) is 4.98 Å². The van der Waals surface area contributed by atoms with Crippen LogP contribution >= 0.6 is 0 Å². The van der Waals surface area contributed by atoms with Crippen molar-refractivity contribution in [1.29, 1.82) is 0 Å². The lowest BCUT2D eigenvalue weighted by Gasteiger charge is -2.35. The molecule has 0 spiro atoms. The van der Waals surface area contributed by atoms with Gasteiger partial charge in [-0.1, -0.05) is 18.2 Å². The average Bonchev–Trinajstić information content (AvgIpc) is 3.13. The average molecular weight is 358 g/mol. The number of furan rings is 1. The molecule has 3 aromatic heterocycles. The lowest BCUT2D eigenvalue weighted by atomic mass is 9.78. The van der Waals surface area contributed by atoms with Gasteiger partial charge in [-0.05, 0) is 49.9 Å². The summed E-state index contributed by atoms with van der Waals surface area (Å²) in [6, 6.07) is 14.4. The Labute approximate surface area is 157 Å². The third kappa shape index (κ3) is 2.80.